The molecule has 1 aromatic heterocycles. The highest BCUT2D eigenvalue weighted by molar-refractivity contribution is 7.10. The molecule has 0 spiro atoms. The van der Waals surface area contributed by atoms with Crippen molar-refractivity contribution in [2.75, 3.05) is 0 Å². The van der Waals surface area contributed by atoms with Crippen LogP contribution in [0.3, 0.4) is 0 Å². The van der Waals surface area contributed by atoms with Gasteiger partial charge in [-0.1, -0.05) is 25.3 Å². The fourth-order valence-corrected chi connectivity index (χ4v) is 2.79. The molecule has 0 aromatic carbocycles. The topological polar surface area (TPSA) is 58.2 Å². The molecule has 0 aliphatic heterocycles. The van der Waals surface area contributed by atoms with Gasteiger partial charge in [0.05, 0.1) is 0 Å². The van der Waals surface area contributed by atoms with Gasteiger partial charge in [-0.2, -0.15) is 0 Å². The fourth-order valence-electron chi connectivity index (χ4n) is 2.18. The molecule has 1 aromatic rings. The Labute approximate surface area is 116 Å². The first-order chi connectivity index (χ1) is 9.25. The van der Waals surface area contributed by atoms with Gasteiger partial charge in [-0.05, 0) is 30.4 Å². The Morgan fingerprint density at radius 2 is 2.00 bits per heavy atom. The van der Waals surface area contributed by atoms with Crippen LogP contribution in [-0.2, 0) is 9.59 Å². The zero-order chi connectivity index (χ0) is 13.5. The smallest absolute Gasteiger partial charge is 0.262 e. The van der Waals surface area contributed by atoms with E-state index in [-0.39, 0.29) is 17.7 Å². The van der Waals surface area contributed by atoms with E-state index >= 15 is 0 Å². The van der Waals surface area contributed by atoms with Crippen molar-refractivity contribution in [2.45, 2.75) is 32.1 Å². The molecule has 0 atom stereocenters. The summed E-state index contributed by atoms with van der Waals surface area (Å²) in [7, 11) is 0. The Morgan fingerprint density at radius 1 is 1.21 bits per heavy atom. The highest BCUT2D eigenvalue weighted by Gasteiger charge is 2.20. The van der Waals surface area contributed by atoms with Crippen LogP contribution in [0.5, 0.6) is 0 Å². The van der Waals surface area contributed by atoms with Crippen molar-refractivity contribution in [3.63, 3.8) is 0 Å². The Balaban J connectivity index is 1.72. The lowest BCUT2D eigenvalue weighted by atomic mass is 9.89. The molecule has 5 heteroatoms. The lowest BCUT2D eigenvalue weighted by Crippen LogP contribution is -2.44. The monoisotopic (exact) mass is 278 g/mol. The Morgan fingerprint density at radius 3 is 2.68 bits per heavy atom. The number of rotatable bonds is 3. The van der Waals surface area contributed by atoms with Gasteiger partial charge in [0, 0.05) is 16.9 Å². The van der Waals surface area contributed by atoms with Gasteiger partial charge in [0.1, 0.15) is 0 Å². The Kier molecular flexibility index (Phi) is 5.15. The van der Waals surface area contributed by atoms with Gasteiger partial charge in [0.25, 0.3) is 5.91 Å². The second-order valence-electron chi connectivity index (χ2n) is 4.66. The second kappa shape index (κ2) is 7.09. The normalized spacial score (nSPS) is 16.4. The first-order valence-electron chi connectivity index (χ1n) is 6.57. The molecule has 1 fully saturated rings. The molecule has 1 saturated carbocycles. The van der Waals surface area contributed by atoms with Gasteiger partial charge >= 0.3 is 0 Å². The van der Waals surface area contributed by atoms with Crippen LogP contribution in [0.25, 0.3) is 6.08 Å². The summed E-state index contributed by atoms with van der Waals surface area (Å²) in [5, 5.41) is 1.95. The van der Waals surface area contributed by atoms with Gasteiger partial charge in [-0.15, -0.1) is 11.3 Å². The van der Waals surface area contributed by atoms with Crippen molar-refractivity contribution in [2.24, 2.45) is 5.92 Å². The molecule has 0 unspecified atom stereocenters. The van der Waals surface area contributed by atoms with Crippen LogP contribution in [0.4, 0.5) is 0 Å². The average Bonchev–Trinajstić information content (AvgIpc) is 2.96. The number of nitrogens with one attached hydrogen (secondary N) is 2. The highest BCUT2D eigenvalue weighted by atomic mass is 32.1. The van der Waals surface area contributed by atoms with E-state index < -0.39 is 0 Å². The number of hydrazine groups is 1. The van der Waals surface area contributed by atoms with Crippen LogP contribution < -0.4 is 10.9 Å². The summed E-state index contributed by atoms with van der Waals surface area (Å²) >= 11 is 1.56. The van der Waals surface area contributed by atoms with Crippen LogP contribution >= 0.6 is 11.3 Å². The maximum atomic E-state index is 11.8. The maximum absolute atomic E-state index is 11.8. The van der Waals surface area contributed by atoms with Crippen molar-refractivity contribution in [1.29, 1.82) is 0 Å². The van der Waals surface area contributed by atoms with E-state index in [1.165, 1.54) is 12.5 Å². The maximum Gasteiger partial charge on any atom is 0.262 e. The lowest BCUT2D eigenvalue weighted by Gasteiger charge is -2.20. The van der Waals surface area contributed by atoms with Crippen LogP contribution in [0.2, 0.25) is 0 Å². The van der Waals surface area contributed by atoms with Crippen LogP contribution in [0.1, 0.15) is 37.0 Å². The zero-order valence-electron chi connectivity index (χ0n) is 10.7. The van der Waals surface area contributed by atoms with E-state index in [2.05, 4.69) is 10.9 Å². The predicted molar refractivity (Wildman–Crippen MR) is 76.2 cm³/mol. The average molecular weight is 278 g/mol. The summed E-state index contributed by atoms with van der Waals surface area (Å²) in [6, 6.07) is 3.85. The first kappa shape index (κ1) is 13.8. The summed E-state index contributed by atoms with van der Waals surface area (Å²) in [6.45, 7) is 0. The highest BCUT2D eigenvalue weighted by Crippen LogP contribution is 2.23. The number of carbonyl (C=O) groups excluding carboxylic acids is 2. The van der Waals surface area contributed by atoms with Crippen molar-refractivity contribution >= 4 is 29.2 Å². The summed E-state index contributed by atoms with van der Waals surface area (Å²) in [4.78, 5) is 24.3. The Bertz CT molecular complexity index is 448. The van der Waals surface area contributed by atoms with Crippen LogP contribution in [0.15, 0.2) is 23.6 Å². The molecule has 2 rings (SSSR count). The number of thiophene rings is 1. The molecule has 19 heavy (non-hydrogen) atoms. The van der Waals surface area contributed by atoms with E-state index in [0.29, 0.717) is 0 Å². The molecule has 1 aliphatic carbocycles. The largest absolute Gasteiger partial charge is 0.273 e. The second-order valence-corrected chi connectivity index (χ2v) is 5.64. The fraction of sp³-hybridized carbons (Fsp3) is 0.429. The quantitative estimate of drug-likeness (QED) is 0.659. The minimum atomic E-state index is -0.308. The van der Waals surface area contributed by atoms with E-state index in [4.69, 9.17) is 0 Å². The van der Waals surface area contributed by atoms with Crippen molar-refractivity contribution in [3.8, 4) is 0 Å². The molecule has 2 amide bonds. The number of hydrogen-bond acceptors (Lipinski definition) is 3. The molecule has 0 radical (unpaired) electrons. The van der Waals surface area contributed by atoms with Gasteiger partial charge in [0.2, 0.25) is 5.91 Å². The van der Waals surface area contributed by atoms with E-state index in [9.17, 15) is 9.59 Å². The number of hydrogen-bond donors (Lipinski definition) is 2. The van der Waals surface area contributed by atoms with Crippen LogP contribution in [0, 0.1) is 5.92 Å². The first-order valence-corrected chi connectivity index (χ1v) is 7.45. The number of carbonyl (C=O) groups is 2. The molecular formula is C14H18N2O2S. The lowest BCUT2D eigenvalue weighted by molar-refractivity contribution is -0.130. The van der Waals surface area contributed by atoms with Gasteiger partial charge < -0.3 is 0 Å². The summed E-state index contributed by atoms with van der Waals surface area (Å²) < 4.78 is 0. The predicted octanol–water partition coefficient (Wildman–Crippen LogP) is 2.49. The third-order valence-electron chi connectivity index (χ3n) is 3.23. The summed E-state index contributed by atoms with van der Waals surface area (Å²) in [5.41, 5.74) is 4.92. The molecule has 2 N–H and O–H groups in total. The van der Waals surface area contributed by atoms with Crippen LogP contribution in [-0.4, -0.2) is 11.8 Å². The molecule has 102 valence electrons. The van der Waals surface area contributed by atoms with Gasteiger partial charge in [0.15, 0.2) is 0 Å². The Hall–Kier alpha value is -1.62. The van der Waals surface area contributed by atoms with E-state index in [1.807, 2.05) is 17.5 Å². The number of amides is 2. The standard InChI is InChI=1S/C14H18N2O2S/c17-13(9-8-12-7-4-10-19-12)15-16-14(18)11-5-2-1-3-6-11/h4,7-11H,1-3,5-6H2,(H,15,17)(H,16,18). The molecule has 1 aliphatic rings. The van der Waals surface area contributed by atoms with Crippen molar-refractivity contribution in [3.05, 3.63) is 28.5 Å². The summed E-state index contributed by atoms with van der Waals surface area (Å²) in [5.74, 6) is -0.328. The van der Waals surface area contributed by atoms with Crippen molar-refractivity contribution < 1.29 is 9.59 Å². The van der Waals surface area contributed by atoms with Gasteiger partial charge in [-0.25, -0.2) is 0 Å². The molecule has 0 saturated heterocycles. The SMILES string of the molecule is O=C(C=Cc1cccs1)NNC(=O)C1CCCCC1. The minimum absolute atomic E-state index is 0.0512. The van der Waals surface area contributed by atoms with Crippen molar-refractivity contribution in [1.82, 2.24) is 10.9 Å². The molecule has 4 nitrogen and oxygen atoms in total. The van der Waals surface area contributed by atoms with E-state index in [1.54, 1.807) is 17.4 Å². The molecular weight excluding hydrogens is 260 g/mol. The van der Waals surface area contributed by atoms with Gasteiger partial charge in [-0.3, -0.25) is 20.4 Å². The third-order valence-corrected chi connectivity index (χ3v) is 4.06. The third kappa shape index (κ3) is 4.52. The summed E-state index contributed by atoms with van der Waals surface area (Å²) in [6.07, 6.45) is 8.41. The minimum Gasteiger partial charge on any atom is -0.273 e. The molecule has 1 heterocycles. The zero-order valence-corrected chi connectivity index (χ0v) is 11.5. The van der Waals surface area contributed by atoms with E-state index in [0.717, 1.165) is 30.6 Å². The molecule has 0 bridgehead atoms.